The highest BCUT2D eigenvalue weighted by molar-refractivity contribution is 7.26. The van der Waals surface area contributed by atoms with Crippen molar-refractivity contribution in [1.29, 1.82) is 0 Å². The second-order valence-electron chi connectivity index (χ2n) is 14.0. The maximum absolute atomic E-state index is 6.49. The van der Waals surface area contributed by atoms with Crippen LogP contribution in [0.5, 0.6) is 0 Å². The van der Waals surface area contributed by atoms with Crippen LogP contribution in [0.25, 0.3) is 119 Å². The lowest BCUT2D eigenvalue weighted by atomic mass is 10.0. The lowest BCUT2D eigenvalue weighted by molar-refractivity contribution is 0.669. The van der Waals surface area contributed by atoms with Crippen molar-refractivity contribution in [2.24, 2.45) is 0 Å². The molecule has 57 heavy (non-hydrogen) atoms. The van der Waals surface area contributed by atoms with E-state index < -0.39 is 0 Å². The number of hydrogen-bond donors (Lipinski definition) is 0. The Morgan fingerprint density at radius 1 is 0.368 bits per heavy atom. The average molecular weight is 766 g/mol. The van der Waals surface area contributed by atoms with Crippen LogP contribution in [-0.4, -0.2) is 24.9 Å². The zero-order chi connectivity index (χ0) is 37.5. The van der Waals surface area contributed by atoms with Gasteiger partial charge in [0.2, 0.25) is 0 Å². The Labute approximate surface area is 333 Å². The monoisotopic (exact) mass is 765 g/mol. The molecule has 8 heteroatoms. The Kier molecular flexibility index (Phi) is 7.17. The maximum atomic E-state index is 6.49. The molecule has 12 aromatic rings. The highest BCUT2D eigenvalue weighted by Crippen LogP contribution is 2.46. The Bertz CT molecular complexity index is 3540. The van der Waals surface area contributed by atoms with Crippen LogP contribution in [0.4, 0.5) is 0 Å². The third-order valence-corrected chi connectivity index (χ3v) is 12.9. The lowest BCUT2D eigenvalue weighted by Crippen LogP contribution is -2.00. The lowest BCUT2D eigenvalue weighted by Gasteiger charge is -2.11. The molecule has 0 radical (unpaired) electrons. The molecular formula is C49H27N5OS2. The van der Waals surface area contributed by atoms with Crippen molar-refractivity contribution in [3.8, 4) is 56.8 Å². The predicted octanol–water partition coefficient (Wildman–Crippen LogP) is 13.6. The normalized spacial score (nSPS) is 11.9. The van der Waals surface area contributed by atoms with Gasteiger partial charge in [-0.2, -0.15) is 0 Å². The van der Waals surface area contributed by atoms with Gasteiger partial charge in [0, 0.05) is 63.3 Å². The summed E-state index contributed by atoms with van der Waals surface area (Å²) >= 11 is 3.50. The van der Waals surface area contributed by atoms with E-state index in [0.29, 0.717) is 23.3 Å². The van der Waals surface area contributed by atoms with Gasteiger partial charge in [0.25, 0.3) is 0 Å². The van der Waals surface area contributed by atoms with E-state index in [0.717, 1.165) is 91.2 Å². The summed E-state index contributed by atoms with van der Waals surface area (Å²) in [5.74, 6) is 2.40. The van der Waals surface area contributed by atoms with Gasteiger partial charge in [0.1, 0.15) is 11.2 Å². The number of furan rings is 1. The van der Waals surface area contributed by atoms with Gasteiger partial charge in [0.15, 0.2) is 23.3 Å². The first kappa shape index (κ1) is 32.1. The van der Waals surface area contributed by atoms with E-state index in [9.17, 15) is 0 Å². The van der Waals surface area contributed by atoms with Crippen molar-refractivity contribution in [3.05, 3.63) is 164 Å². The molecule has 5 heterocycles. The molecule has 7 aromatic carbocycles. The highest BCUT2D eigenvalue weighted by atomic mass is 32.1. The van der Waals surface area contributed by atoms with Crippen LogP contribution in [0.2, 0.25) is 0 Å². The molecule has 0 aliphatic rings. The molecule has 0 unspecified atom stereocenters. The summed E-state index contributed by atoms with van der Waals surface area (Å²) in [5, 5.41) is 5.35. The molecule has 5 aromatic heterocycles. The number of rotatable bonds is 5. The van der Waals surface area contributed by atoms with Crippen molar-refractivity contribution in [3.63, 3.8) is 0 Å². The molecule has 0 bridgehead atoms. The Morgan fingerprint density at radius 3 is 1.67 bits per heavy atom. The summed E-state index contributed by atoms with van der Waals surface area (Å²) in [5.41, 5.74) is 8.12. The molecule has 6 nitrogen and oxygen atoms in total. The predicted molar refractivity (Wildman–Crippen MR) is 236 cm³/mol. The van der Waals surface area contributed by atoms with Gasteiger partial charge < -0.3 is 4.42 Å². The Morgan fingerprint density at radius 2 is 0.912 bits per heavy atom. The SMILES string of the molecule is c1ccc(-c2nc(-c3cccc4c3oc3ccccc34)nc(-c3cccc4sc5cccc(-c6nc(-c7ccccc7)c7sc8ccccc8c7n6)c5c34)n2)cc1. The minimum atomic E-state index is 0.547. The molecule has 0 saturated carbocycles. The van der Waals surface area contributed by atoms with Gasteiger partial charge in [-0.15, -0.1) is 22.7 Å². The quantitative estimate of drug-likeness (QED) is 0.174. The molecule has 0 N–H and O–H groups in total. The van der Waals surface area contributed by atoms with Crippen molar-refractivity contribution in [2.45, 2.75) is 0 Å². The van der Waals surface area contributed by atoms with Gasteiger partial charge in [-0.05, 0) is 30.3 Å². The summed E-state index contributed by atoms with van der Waals surface area (Å²) in [7, 11) is 0. The van der Waals surface area contributed by atoms with E-state index in [4.69, 9.17) is 29.3 Å². The van der Waals surface area contributed by atoms with E-state index in [1.165, 1.54) is 4.70 Å². The second kappa shape index (κ2) is 12.7. The fourth-order valence-electron chi connectivity index (χ4n) is 8.00. The average Bonchev–Trinajstić information content (AvgIpc) is 3.98. The topological polar surface area (TPSA) is 77.6 Å². The minimum absolute atomic E-state index is 0.547. The number of thiophene rings is 2. The van der Waals surface area contributed by atoms with Crippen LogP contribution in [0.3, 0.4) is 0 Å². The largest absolute Gasteiger partial charge is 0.455 e. The van der Waals surface area contributed by atoms with E-state index in [-0.39, 0.29) is 0 Å². The number of para-hydroxylation sites is 2. The zero-order valence-corrected chi connectivity index (χ0v) is 31.7. The Balaban J connectivity index is 1.13. The minimum Gasteiger partial charge on any atom is -0.455 e. The number of fused-ring (bicyclic) bond motifs is 9. The van der Waals surface area contributed by atoms with E-state index >= 15 is 0 Å². The first-order valence-corrected chi connectivity index (χ1v) is 20.3. The standard InChI is InChI=1S/C49H27N5OS2/c1-3-14-28(15-4-1)42-45-43(32-19-8-10-25-37(32)57-45)51-47(50-42)33-21-12-26-38-40(33)41-34(22-13-27-39(41)56-38)48-52-46(29-16-5-2-6-17-29)53-49(54-48)35-23-11-20-31-30-18-7-9-24-36(30)55-44(31)35/h1-27H. The molecule has 0 saturated heterocycles. The van der Waals surface area contributed by atoms with E-state index in [1.54, 1.807) is 22.7 Å². The third kappa shape index (κ3) is 5.12. The summed E-state index contributed by atoms with van der Waals surface area (Å²) in [6.07, 6.45) is 0. The summed E-state index contributed by atoms with van der Waals surface area (Å²) in [4.78, 5) is 26.3. The maximum Gasteiger partial charge on any atom is 0.167 e. The zero-order valence-electron chi connectivity index (χ0n) is 30.0. The molecule has 266 valence electrons. The van der Waals surface area contributed by atoms with Gasteiger partial charge >= 0.3 is 0 Å². The van der Waals surface area contributed by atoms with Crippen LogP contribution in [0, 0.1) is 0 Å². The molecule has 0 fully saturated rings. The molecule has 12 rings (SSSR count). The molecule has 0 spiro atoms. The summed E-state index contributed by atoms with van der Waals surface area (Å²) in [6.45, 7) is 0. The number of benzene rings is 7. The first-order valence-electron chi connectivity index (χ1n) is 18.7. The first-order chi connectivity index (χ1) is 28.2. The van der Waals surface area contributed by atoms with Crippen molar-refractivity contribution >= 4 is 85.1 Å². The van der Waals surface area contributed by atoms with Gasteiger partial charge in [-0.3, -0.25) is 0 Å². The summed E-state index contributed by atoms with van der Waals surface area (Å²) < 4.78 is 11.0. The Hall–Kier alpha value is -7.13. The van der Waals surface area contributed by atoms with Gasteiger partial charge in [-0.1, -0.05) is 133 Å². The molecule has 0 amide bonds. The third-order valence-electron chi connectivity index (χ3n) is 10.6. The number of aromatic nitrogens is 5. The fraction of sp³-hybridized carbons (Fsp3) is 0. The van der Waals surface area contributed by atoms with Crippen molar-refractivity contribution in [1.82, 2.24) is 24.9 Å². The van der Waals surface area contributed by atoms with Crippen molar-refractivity contribution < 1.29 is 4.42 Å². The molecule has 0 atom stereocenters. The van der Waals surface area contributed by atoms with Crippen LogP contribution < -0.4 is 0 Å². The molecular weight excluding hydrogens is 739 g/mol. The van der Waals surface area contributed by atoms with Crippen LogP contribution in [0.15, 0.2) is 168 Å². The fourth-order valence-corrected chi connectivity index (χ4v) is 10.3. The highest BCUT2D eigenvalue weighted by Gasteiger charge is 2.23. The summed E-state index contributed by atoms with van der Waals surface area (Å²) in [6, 6.07) is 56.1. The van der Waals surface area contributed by atoms with Crippen LogP contribution in [-0.2, 0) is 0 Å². The van der Waals surface area contributed by atoms with Crippen molar-refractivity contribution in [2.75, 3.05) is 0 Å². The van der Waals surface area contributed by atoms with Crippen LogP contribution in [0.1, 0.15) is 0 Å². The van der Waals surface area contributed by atoms with Gasteiger partial charge in [0.05, 0.1) is 21.5 Å². The molecule has 0 aliphatic carbocycles. The van der Waals surface area contributed by atoms with Crippen LogP contribution >= 0.6 is 22.7 Å². The van der Waals surface area contributed by atoms with Gasteiger partial charge in [-0.25, -0.2) is 24.9 Å². The van der Waals surface area contributed by atoms with E-state index in [1.807, 2.05) is 66.7 Å². The number of hydrogen-bond acceptors (Lipinski definition) is 8. The molecule has 0 aliphatic heterocycles. The smallest absolute Gasteiger partial charge is 0.167 e. The second-order valence-corrected chi connectivity index (χ2v) is 16.1. The van der Waals surface area contributed by atoms with E-state index in [2.05, 4.69) is 97.1 Å². The number of nitrogens with zero attached hydrogens (tertiary/aromatic N) is 5.